The van der Waals surface area contributed by atoms with Crippen molar-refractivity contribution in [3.05, 3.63) is 59.1 Å². The number of carbonyl (C=O) groups excluding carboxylic acids is 3. The van der Waals surface area contributed by atoms with Gasteiger partial charge in [-0.15, -0.1) is 11.8 Å². The third-order valence-corrected chi connectivity index (χ3v) is 6.07. The molecule has 2 aromatic carbocycles. The Kier molecular flexibility index (Phi) is 4.93. The van der Waals surface area contributed by atoms with Crippen molar-refractivity contribution in [2.24, 2.45) is 0 Å². The minimum absolute atomic E-state index is 0.0998. The van der Waals surface area contributed by atoms with Crippen LogP contribution >= 0.6 is 23.4 Å². The first-order valence-electron chi connectivity index (χ1n) is 8.71. The van der Waals surface area contributed by atoms with Gasteiger partial charge >= 0.3 is 0 Å². The average Bonchev–Trinajstić information content (AvgIpc) is 3.14. The van der Waals surface area contributed by atoms with Crippen LogP contribution in [0.25, 0.3) is 0 Å². The molecular formula is C20H17ClN2O3S. The molecule has 138 valence electrons. The number of anilines is 1. The van der Waals surface area contributed by atoms with E-state index in [0.717, 1.165) is 11.3 Å². The highest BCUT2D eigenvalue weighted by atomic mass is 35.5. The normalized spacial score (nSPS) is 18.9. The fourth-order valence-corrected chi connectivity index (χ4v) is 4.41. The largest absolute Gasteiger partial charge is 0.327 e. The van der Waals surface area contributed by atoms with Crippen molar-refractivity contribution >= 4 is 46.8 Å². The summed E-state index contributed by atoms with van der Waals surface area (Å²) in [7, 11) is 0. The average molecular weight is 401 g/mol. The van der Waals surface area contributed by atoms with Crippen molar-refractivity contribution < 1.29 is 14.4 Å². The van der Waals surface area contributed by atoms with Gasteiger partial charge in [0.05, 0.1) is 17.0 Å². The van der Waals surface area contributed by atoms with Gasteiger partial charge in [0.1, 0.15) is 6.04 Å². The van der Waals surface area contributed by atoms with Crippen molar-refractivity contribution in [2.45, 2.75) is 23.8 Å². The molecule has 0 bridgehead atoms. The van der Waals surface area contributed by atoms with E-state index in [9.17, 15) is 14.4 Å². The SMILES string of the molecule is O=C(CSc1ccc(Cl)cc1)N1C(=O)[C@@H]2CCCN2C(=O)c2ccccc21. The summed E-state index contributed by atoms with van der Waals surface area (Å²) in [6.07, 6.45) is 1.36. The van der Waals surface area contributed by atoms with Crippen LogP contribution in [0, 0.1) is 0 Å². The number of nitrogens with zero attached hydrogens (tertiary/aromatic N) is 2. The van der Waals surface area contributed by atoms with Crippen LogP contribution in [0.5, 0.6) is 0 Å². The molecule has 2 heterocycles. The molecule has 1 atom stereocenters. The number of rotatable bonds is 3. The van der Waals surface area contributed by atoms with E-state index in [1.165, 1.54) is 16.7 Å². The van der Waals surface area contributed by atoms with Crippen LogP contribution in [0.2, 0.25) is 5.02 Å². The Bertz CT molecular complexity index is 916. The summed E-state index contributed by atoms with van der Waals surface area (Å²) in [6, 6.07) is 13.5. The molecule has 2 aliphatic heterocycles. The zero-order chi connectivity index (χ0) is 19.0. The maximum Gasteiger partial charge on any atom is 0.256 e. The second kappa shape index (κ2) is 7.37. The van der Waals surface area contributed by atoms with Crippen molar-refractivity contribution in [3.8, 4) is 0 Å². The first kappa shape index (κ1) is 18.1. The lowest BCUT2D eigenvalue weighted by molar-refractivity contribution is -0.127. The Morgan fingerprint density at radius 1 is 1.11 bits per heavy atom. The number of para-hydroxylation sites is 1. The molecule has 4 rings (SSSR count). The minimum Gasteiger partial charge on any atom is -0.327 e. The van der Waals surface area contributed by atoms with Gasteiger partial charge in [0.2, 0.25) is 5.91 Å². The number of thioether (sulfide) groups is 1. The van der Waals surface area contributed by atoms with E-state index in [0.29, 0.717) is 29.2 Å². The Morgan fingerprint density at radius 2 is 1.85 bits per heavy atom. The highest BCUT2D eigenvalue weighted by Crippen LogP contribution is 2.33. The molecule has 0 spiro atoms. The Hall–Kier alpha value is -2.31. The number of halogens is 1. The predicted octanol–water partition coefficient (Wildman–Crippen LogP) is 3.61. The Labute approximate surface area is 166 Å². The molecule has 0 radical (unpaired) electrons. The minimum atomic E-state index is -0.561. The lowest BCUT2D eigenvalue weighted by Crippen LogP contribution is -2.47. The van der Waals surface area contributed by atoms with Crippen LogP contribution in [-0.2, 0) is 9.59 Å². The third-order valence-electron chi connectivity index (χ3n) is 4.82. The van der Waals surface area contributed by atoms with Gasteiger partial charge < -0.3 is 4.90 Å². The van der Waals surface area contributed by atoms with E-state index in [-0.39, 0.29) is 23.5 Å². The molecule has 3 amide bonds. The summed E-state index contributed by atoms with van der Waals surface area (Å²) in [6.45, 7) is 0.547. The fraction of sp³-hybridized carbons (Fsp3) is 0.250. The summed E-state index contributed by atoms with van der Waals surface area (Å²) in [5.74, 6) is -0.716. The number of carbonyl (C=O) groups is 3. The molecule has 2 aromatic rings. The van der Waals surface area contributed by atoms with Gasteiger partial charge in [-0.1, -0.05) is 23.7 Å². The number of hydrogen-bond donors (Lipinski definition) is 0. The second-order valence-corrected chi connectivity index (χ2v) is 7.97. The molecule has 0 unspecified atom stereocenters. The molecule has 5 nitrogen and oxygen atoms in total. The molecule has 0 aliphatic carbocycles. The number of benzene rings is 2. The van der Waals surface area contributed by atoms with Crippen LogP contribution < -0.4 is 4.90 Å². The highest BCUT2D eigenvalue weighted by molar-refractivity contribution is 8.00. The topological polar surface area (TPSA) is 57.7 Å². The molecule has 0 N–H and O–H groups in total. The van der Waals surface area contributed by atoms with Crippen LogP contribution in [0.3, 0.4) is 0 Å². The molecular weight excluding hydrogens is 384 g/mol. The van der Waals surface area contributed by atoms with Crippen molar-refractivity contribution in [1.82, 2.24) is 4.90 Å². The van der Waals surface area contributed by atoms with Crippen LogP contribution in [0.15, 0.2) is 53.4 Å². The summed E-state index contributed by atoms with van der Waals surface area (Å²) in [4.78, 5) is 42.7. The molecule has 2 aliphatic rings. The van der Waals surface area contributed by atoms with Gasteiger partial charge in [0, 0.05) is 16.5 Å². The zero-order valence-electron chi connectivity index (χ0n) is 14.4. The predicted molar refractivity (Wildman–Crippen MR) is 105 cm³/mol. The zero-order valence-corrected chi connectivity index (χ0v) is 16.0. The standard InChI is InChI=1S/C20H17ClN2O3S/c21-13-7-9-14(10-8-13)27-12-18(24)23-16-5-2-1-4-15(16)19(25)22-11-3-6-17(22)20(23)26/h1-2,4-5,7-10,17H,3,6,11-12H2/t17-/m0/s1. The fourth-order valence-electron chi connectivity index (χ4n) is 3.54. The van der Waals surface area contributed by atoms with Crippen molar-refractivity contribution in [2.75, 3.05) is 17.2 Å². The third kappa shape index (κ3) is 3.35. The van der Waals surface area contributed by atoms with Gasteiger partial charge in [0.15, 0.2) is 0 Å². The molecule has 1 fully saturated rings. The highest BCUT2D eigenvalue weighted by Gasteiger charge is 2.43. The maximum absolute atomic E-state index is 13.1. The Balaban J connectivity index is 1.64. The van der Waals surface area contributed by atoms with Gasteiger partial charge in [0.25, 0.3) is 11.8 Å². The first-order chi connectivity index (χ1) is 13.1. The van der Waals surface area contributed by atoms with Gasteiger partial charge in [-0.25, -0.2) is 4.90 Å². The number of amides is 3. The monoisotopic (exact) mass is 400 g/mol. The van der Waals surface area contributed by atoms with E-state index in [2.05, 4.69) is 0 Å². The molecule has 0 aromatic heterocycles. The smallest absolute Gasteiger partial charge is 0.256 e. The van der Waals surface area contributed by atoms with Crippen molar-refractivity contribution in [1.29, 1.82) is 0 Å². The second-order valence-electron chi connectivity index (χ2n) is 6.48. The van der Waals surface area contributed by atoms with E-state index < -0.39 is 6.04 Å². The number of fused-ring (bicyclic) bond motifs is 2. The van der Waals surface area contributed by atoms with E-state index >= 15 is 0 Å². The summed E-state index contributed by atoms with van der Waals surface area (Å²) in [5, 5.41) is 0.627. The summed E-state index contributed by atoms with van der Waals surface area (Å²) in [5.41, 5.74) is 0.781. The van der Waals surface area contributed by atoms with Crippen LogP contribution in [0.4, 0.5) is 5.69 Å². The lowest BCUT2D eigenvalue weighted by atomic mass is 10.1. The van der Waals surface area contributed by atoms with Gasteiger partial charge in [-0.2, -0.15) is 0 Å². The van der Waals surface area contributed by atoms with Crippen LogP contribution in [-0.4, -0.2) is 41.0 Å². The quantitative estimate of drug-likeness (QED) is 0.738. The molecule has 0 saturated carbocycles. The maximum atomic E-state index is 13.1. The Morgan fingerprint density at radius 3 is 2.63 bits per heavy atom. The lowest BCUT2D eigenvalue weighted by Gasteiger charge is -2.24. The molecule has 7 heteroatoms. The van der Waals surface area contributed by atoms with Crippen molar-refractivity contribution in [3.63, 3.8) is 0 Å². The molecule has 1 saturated heterocycles. The number of imide groups is 1. The van der Waals surface area contributed by atoms with E-state index in [1.807, 2.05) is 12.1 Å². The van der Waals surface area contributed by atoms with E-state index in [1.54, 1.807) is 41.3 Å². The molecule has 27 heavy (non-hydrogen) atoms. The van der Waals surface area contributed by atoms with Crippen LogP contribution in [0.1, 0.15) is 23.2 Å². The van der Waals surface area contributed by atoms with Gasteiger partial charge in [-0.3, -0.25) is 14.4 Å². The van der Waals surface area contributed by atoms with Gasteiger partial charge in [-0.05, 0) is 49.2 Å². The van der Waals surface area contributed by atoms with E-state index in [4.69, 9.17) is 11.6 Å². The summed E-state index contributed by atoms with van der Waals surface area (Å²) < 4.78 is 0. The summed E-state index contributed by atoms with van der Waals surface area (Å²) >= 11 is 7.23. The first-order valence-corrected chi connectivity index (χ1v) is 10.1. The number of hydrogen-bond acceptors (Lipinski definition) is 4.